The summed E-state index contributed by atoms with van der Waals surface area (Å²) in [4.78, 5) is 12.9. The van der Waals surface area contributed by atoms with Crippen LogP contribution in [0.15, 0.2) is 27.6 Å². The smallest absolute Gasteiger partial charge is 0.252 e. The Hall–Kier alpha value is -0.130. The van der Waals surface area contributed by atoms with E-state index in [4.69, 9.17) is 0 Å². The summed E-state index contributed by atoms with van der Waals surface area (Å²) in [6, 6.07) is 5.52. The molecule has 2 nitrogen and oxygen atoms in total. The first kappa shape index (κ1) is 15.3. The number of amides is 1. The van der Waals surface area contributed by atoms with Crippen molar-refractivity contribution in [1.82, 2.24) is 5.32 Å². The first-order chi connectivity index (χ1) is 9.06. The zero-order valence-corrected chi connectivity index (χ0v) is 14.2. The highest BCUT2D eigenvalue weighted by atomic mass is 79.9. The van der Waals surface area contributed by atoms with Crippen molar-refractivity contribution in [1.29, 1.82) is 0 Å². The largest absolute Gasteiger partial charge is 0.351 e. The maximum Gasteiger partial charge on any atom is 0.252 e. The van der Waals surface area contributed by atoms with Crippen molar-refractivity contribution in [3.05, 3.63) is 28.2 Å². The second kappa shape index (κ2) is 6.55. The van der Waals surface area contributed by atoms with Gasteiger partial charge in [-0.3, -0.25) is 4.79 Å². The number of carbonyl (C=O) groups is 1. The molecule has 1 N–H and O–H groups in total. The van der Waals surface area contributed by atoms with E-state index in [1.165, 1.54) is 25.7 Å². The van der Waals surface area contributed by atoms with Gasteiger partial charge < -0.3 is 5.32 Å². The minimum atomic E-state index is -0.0298. The minimum absolute atomic E-state index is 0.0298. The summed E-state index contributed by atoms with van der Waals surface area (Å²) in [5.41, 5.74) is 0.640. The SMILES string of the molecule is CSC1(CNC(=O)c2ccc(Br)cc2S)CCCC1. The lowest BCUT2D eigenvalue weighted by Gasteiger charge is -2.27. The van der Waals surface area contributed by atoms with Gasteiger partial charge in [0.2, 0.25) is 0 Å². The molecular formula is C14H18BrNOS2. The van der Waals surface area contributed by atoms with Crippen LogP contribution in [0.3, 0.4) is 0 Å². The van der Waals surface area contributed by atoms with Gasteiger partial charge >= 0.3 is 0 Å². The van der Waals surface area contributed by atoms with Crippen molar-refractivity contribution in [2.75, 3.05) is 12.8 Å². The predicted octanol–water partition coefficient (Wildman–Crippen LogP) is 4.14. The van der Waals surface area contributed by atoms with Crippen molar-refractivity contribution in [2.45, 2.75) is 35.3 Å². The zero-order valence-electron chi connectivity index (χ0n) is 10.9. The van der Waals surface area contributed by atoms with Gasteiger partial charge in [-0.15, -0.1) is 12.6 Å². The highest BCUT2D eigenvalue weighted by Crippen LogP contribution is 2.39. The van der Waals surface area contributed by atoms with Crippen molar-refractivity contribution < 1.29 is 4.79 Å². The predicted molar refractivity (Wildman–Crippen MR) is 88.4 cm³/mol. The van der Waals surface area contributed by atoms with Gasteiger partial charge in [0, 0.05) is 20.7 Å². The van der Waals surface area contributed by atoms with Crippen molar-refractivity contribution >= 4 is 46.2 Å². The molecule has 0 heterocycles. The Morgan fingerprint density at radius 3 is 2.74 bits per heavy atom. The lowest BCUT2D eigenvalue weighted by atomic mass is 10.1. The van der Waals surface area contributed by atoms with Gasteiger partial charge in [-0.2, -0.15) is 11.8 Å². The van der Waals surface area contributed by atoms with Gasteiger partial charge in [-0.1, -0.05) is 28.8 Å². The Bertz CT molecular complexity index is 473. The van der Waals surface area contributed by atoms with E-state index in [1.54, 1.807) is 0 Å². The average molecular weight is 360 g/mol. The molecule has 0 radical (unpaired) electrons. The summed E-state index contributed by atoms with van der Waals surface area (Å²) in [6.45, 7) is 0.746. The third-order valence-corrected chi connectivity index (χ3v) is 6.01. The quantitative estimate of drug-likeness (QED) is 0.790. The topological polar surface area (TPSA) is 29.1 Å². The number of nitrogens with one attached hydrogen (secondary N) is 1. The number of hydrogen-bond acceptors (Lipinski definition) is 3. The van der Waals surface area contributed by atoms with E-state index < -0.39 is 0 Å². The molecule has 0 spiro atoms. The lowest BCUT2D eigenvalue weighted by Crippen LogP contribution is -2.38. The minimum Gasteiger partial charge on any atom is -0.351 e. The molecule has 1 fully saturated rings. The summed E-state index contributed by atoms with van der Waals surface area (Å²) in [5, 5.41) is 3.07. The molecule has 5 heteroatoms. The molecule has 19 heavy (non-hydrogen) atoms. The molecule has 1 aliphatic rings. The van der Waals surface area contributed by atoms with Crippen LogP contribution >= 0.6 is 40.3 Å². The number of hydrogen-bond donors (Lipinski definition) is 2. The van der Waals surface area contributed by atoms with E-state index in [1.807, 2.05) is 30.0 Å². The number of thioether (sulfide) groups is 1. The summed E-state index contributed by atoms with van der Waals surface area (Å²) >= 11 is 9.61. The van der Waals surface area contributed by atoms with Crippen LogP contribution in [0.4, 0.5) is 0 Å². The molecule has 0 aromatic heterocycles. The van der Waals surface area contributed by atoms with Crippen molar-refractivity contribution in [3.8, 4) is 0 Å². The van der Waals surface area contributed by atoms with Crippen LogP contribution in [0, 0.1) is 0 Å². The van der Waals surface area contributed by atoms with Crippen LogP contribution in [-0.4, -0.2) is 23.5 Å². The molecule has 104 valence electrons. The number of benzene rings is 1. The van der Waals surface area contributed by atoms with E-state index in [9.17, 15) is 4.79 Å². The highest BCUT2D eigenvalue weighted by Gasteiger charge is 2.33. The normalized spacial score (nSPS) is 17.4. The van der Waals surface area contributed by atoms with Gasteiger partial charge in [-0.05, 0) is 37.3 Å². The summed E-state index contributed by atoms with van der Waals surface area (Å²) in [6.07, 6.45) is 7.08. The number of halogens is 1. The summed E-state index contributed by atoms with van der Waals surface area (Å²) in [5.74, 6) is -0.0298. The van der Waals surface area contributed by atoms with Crippen LogP contribution in [-0.2, 0) is 0 Å². The molecule has 1 aliphatic carbocycles. The molecular weight excluding hydrogens is 342 g/mol. The summed E-state index contributed by atoms with van der Waals surface area (Å²) in [7, 11) is 0. The second-order valence-electron chi connectivity index (χ2n) is 4.94. The van der Waals surface area contributed by atoms with Crippen LogP contribution in [0.2, 0.25) is 0 Å². The highest BCUT2D eigenvalue weighted by molar-refractivity contribution is 9.10. The van der Waals surface area contributed by atoms with Crippen LogP contribution < -0.4 is 5.32 Å². The Morgan fingerprint density at radius 1 is 1.47 bits per heavy atom. The first-order valence-electron chi connectivity index (χ1n) is 6.38. The van der Waals surface area contributed by atoms with Gasteiger partial charge in [0.25, 0.3) is 5.91 Å². The van der Waals surface area contributed by atoms with E-state index >= 15 is 0 Å². The fraction of sp³-hybridized carbons (Fsp3) is 0.500. The van der Waals surface area contributed by atoms with Crippen molar-refractivity contribution in [2.24, 2.45) is 0 Å². The van der Waals surface area contributed by atoms with Gasteiger partial charge in [-0.25, -0.2) is 0 Å². The van der Waals surface area contributed by atoms with E-state index in [-0.39, 0.29) is 10.7 Å². The van der Waals surface area contributed by atoms with Gasteiger partial charge in [0.15, 0.2) is 0 Å². The molecule has 1 aromatic rings. The maximum atomic E-state index is 12.2. The number of rotatable bonds is 4. The fourth-order valence-electron chi connectivity index (χ4n) is 2.51. The maximum absolute atomic E-state index is 12.2. The lowest BCUT2D eigenvalue weighted by molar-refractivity contribution is 0.0946. The fourth-order valence-corrected chi connectivity index (χ4v) is 4.27. The van der Waals surface area contributed by atoms with Crippen LogP contribution in [0.5, 0.6) is 0 Å². The molecule has 1 saturated carbocycles. The number of carbonyl (C=O) groups excluding carboxylic acids is 1. The average Bonchev–Trinajstić information content (AvgIpc) is 2.85. The van der Waals surface area contributed by atoms with E-state index in [0.717, 1.165) is 11.0 Å². The monoisotopic (exact) mass is 359 g/mol. The van der Waals surface area contributed by atoms with Crippen molar-refractivity contribution in [3.63, 3.8) is 0 Å². The molecule has 0 atom stereocenters. The molecule has 0 bridgehead atoms. The Morgan fingerprint density at radius 2 is 2.16 bits per heavy atom. The first-order valence-corrected chi connectivity index (χ1v) is 8.85. The van der Waals surface area contributed by atoms with Crippen LogP contribution in [0.25, 0.3) is 0 Å². The van der Waals surface area contributed by atoms with Crippen LogP contribution in [0.1, 0.15) is 36.0 Å². The molecule has 1 aromatic carbocycles. The summed E-state index contributed by atoms with van der Waals surface area (Å²) < 4.78 is 1.17. The van der Waals surface area contributed by atoms with Gasteiger partial charge in [0.05, 0.1) is 5.56 Å². The van der Waals surface area contributed by atoms with E-state index in [0.29, 0.717) is 10.5 Å². The molecule has 1 amide bonds. The Labute approximate surface area is 132 Å². The zero-order chi connectivity index (χ0) is 13.9. The third-order valence-electron chi connectivity index (χ3n) is 3.72. The molecule has 2 rings (SSSR count). The third kappa shape index (κ3) is 3.70. The van der Waals surface area contributed by atoms with Gasteiger partial charge in [0.1, 0.15) is 0 Å². The molecule has 0 saturated heterocycles. The molecule has 0 aliphatic heterocycles. The molecule has 0 unspecified atom stereocenters. The Kier molecular flexibility index (Phi) is 5.26. The second-order valence-corrected chi connectivity index (χ2v) is 7.61. The number of thiol groups is 1. The standard InChI is InChI=1S/C14H18BrNOS2/c1-19-14(6-2-3-7-14)9-16-13(17)11-5-4-10(15)8-12(11)18/h4-5,8,18H,2-3,6-7,9H2,1H3,(H,16,17). The van der Waals surface area contributed by atoms with E-state index in [2.05, 4.69) is 40.1 Å². The Balaban J connectivity index is 2.01.